The van der Waals surface area contributed by atoms with Crippen molar-refractivity contribution in [3.8, 4) is 0 Å². The molecule has 2 fully saturated rings. The summed E-state index contributed by atoms with van der Waals surface area (Å²) in [5.41, 5.74) is 0.0297. The SMILES string of the molecule is CSCC(=O)N1CCC2(CC1)CC2C(=O)O. The Hall–Kier alpha value is -0.710. The van der Waals surface area contributed by atoms with Crippen LogP contribution >= 0.6 is 11.8 Å². The van der Waals surface area contributed by atoms with Crippen LogP contribution in [-0.2, 0) is 9.59 Å². The first-order valence-corrected chi connectivity index (χ1v) is 6.98. The number of aliphatic carboxylic acids is 1. The minimum Gasteiger partial charge on any atom is -0.481 e. The molecule has 1 aliphatic heterocycles. The lowest BCUT2D eigenvalue weighted by atomic mass is 9.91. The lowest BCUT2D eigenvalue weighted by molar-refractivity contribution is -0.139. The van der Waals surface area contributed by atoms with Gasteiger partial charge >= 0.3 is 5.97 Å². The fourth-order valence-corrected chi connectivity index (χ4v) is 3.10. The van der Waals surface area contributed by atoms with Gasteiger partial charge in [0, 0.05) is 13.1 Å². The molecule has 1 unspecified atom stereocenters. The molecular formula is C11H17NO3S. The third-order valence-corrected chi connectivity index (χ3v) is 4.40. The van der Waals surface area contributed by atoms with E-state index >= 15 is 0 Å². The van der Waals surface area contributed by atoms with Crippen LogP contribution < -0.4 is 0 Å². The summed E-state index contributed by atoms with van der Waals surface area (Å²) in [6.45, 7) is 1.48. The second-order valence-corrected chi connectivity index (χ2v) is 5.64. The van der Waals surface area contributed by atoms with E-state index < -0.39 is 5.97 Å². The lowest BCUT2D eigenvalue weighted by Gasteiger charge is -2.32. The van der Waals surface area contributed by atoms with Gasteiger partial charge in [0.25, 0.3) is 0 Å². The minimum absolute atomic E-state index is 0.0297. The predicted octanol–water partition coefficient (Wildman–Crippen LogP) is 1.06. The molecule has 0 radical (unpaired) electrons. The van der Waals surface area contributed by atoms with Crippen molar-refractivity contribution in [1.29, 1.82) is 0 Å². The zero-order chi connectivity index (χ0) is 11.8. The number of hydrogen-bond acceptors (Lipinski definition) is 3. The van der Waals surface area contributed by atoms with Crippen molar-refractivity contribution in [1.82, 2.24) is 4.90 Å². The highest BCUT2D eigenvalue weighted by atomic mass is 32.2. The topological polar surface area (TPSA) is 57.6 Å². The van der Waals surface area contributed by atoms with E-state index in [1.54, 1.807) is 0 Å². The summed E-state index contributed by atoms with van der Waals surface area (Å²) >= 11 is 1.54. The second kappa shape index (κ2) is 4.28. The Labute approximate surface area is 99.4 Å². The standard InChI is InChI=1S/C11H17NO3S/c1-16-7-9(13)12-4-2-11(3-5-12)6-8(11)10(14)15/h8H,2-7H2,1H3,(H,14,15). The van der Waals surface area contributed by atoms with Crippen LogP contribution in [-0.4, -0.2) is 47.0 Å². The highest BCUT2D eigenvalue weighted by Gasteiger charge is 2.59. The summed E-state index contributed by atoms with van der Waals surface area (Å²) in [7, 11) is 0. The van der Waals surface area contributed by atoms with Gasteiger partial charge in [-0.25, -0.2) is 0 Å². The van der Waals surface area contributed by atoms with Crippen LogP contribution in [0.5, 0.6) is 0 Å². The normalized spacial score (nSPS) is 26.8. The molecular weight excluding hydrogens is 226 g/mol. The van der Waals surface area contributed by atoms with Crippen LogP contribution in [0.1, 0.15) is 19.3 Å². The number of hydrogen-bond donors (Lipinski definition) is 1. The largest absolute Gasteiger partial charge is 0.481 e. The molecule has 16 heavy (non-hydrogen) atoms. The van der Waals surface area contributed by atoms with E-state index in [2.05, 4.69) is 0 Å². The van der Waals surface area contributed by atoms with Gasteiger partial charge in [0.2, 0.25) is 5.91 Å². The smallest absolute Gasteiger partial charge is 0.307 e. The van der Waals surface area contributed by atoms with Crippen molar-refractivity contribution in [2.75, 3.05) is 25.1 Å². The van der Waals surface area contributed by atoms with Crippen molar-refractivity contribution >= 4 is 23.6 Å². The molecule has 1 heterocycles. The first-order valence-electron chi connectivity index (χ1n) is 5.58. The van der Waals surface area contributed by atoms with E-state index in [0.717, 1.165) is 32.4 Å². The number of piperidine rings is 1. The molecule has 1 aliphatic carbocycles. The number of nitrogens with zero attached hydrogens (tertiary/aromatic N) is 1. The van der Waals surface area contributed by atoms with Crippen LogP contribution in [0.25, 0.3) is 0 Å². The van der Waals surface area contributed by atoms with Gasteiger partial charge in [0.05, 0.1) is 11.7 Å². The fraction of sp³-hybridized carbons (Fsp3) is 0.818. The maximum atomic E-state index is 11.6. The number of thioether (sulfide) groups is 1. The van der Waals surface area contributed by atoms with Gasteiger partial charge in [-0.15, -0.1) is 0 Å². The molecule has 2 aliphatic rings. The van der Waals surface area contributed by atoms with Gasteiger partial charge in [-0.3, -0.25) is 9.59 Å². The monoisotopic (exact) mass is 243 g/mol. The zero-order valence-corrected chi connectivity index (χ0v) is 10.3. The van der Waals surface area contributed by atoms with Crippen molar-refractivity contribution < 1.29 is 14.7 Å². The lowest BCUT2D eigenvalue weighted by Crippen LogP contribution is -2.40. The van der Waals surface area contributed by atoms with Crippen LogP contribution in [0.15, 0.2) is 0 Å². The van der Waals surface area contributed by atoms with E-state index in [1.807, 2.05) is 11.2 Å². The number of carboxylic acid groups (broad SMARTS) is 1. The average Bonchev–Trinajstić information content (AvgIpc) is 2.94. The van der Waals surface area contributed by atoms with E-state index in [-0.39, 0.29) is 17.2 Å². The van der Waals surface area contributed by atoms with Crippen molar-refractivity contribution in [3.05, 3.63) is 0 Å². The molecule has 1 saturated carbocycles. The third-order valence-electron chi connectivity index (χ3n) is 3.87. The summed E-state index contributed by atoms with van der Waals surface area (Å²) in [6.07, 6.45) is 4.46. The van der Waals surface area contributed by atoms with Gasteiger partial charge in [0.15, 0.2) is 0 Å². The first kappa shape index (κ1) is 11.8. The molecule has 1 amide bonds. The molecule has 0 aromatic rings. The van der Waals surface area contributed by atoms with Crippen LogP contribution in [0.4, 0.5) is 0 Å². The highest BCUT2D eigenvalue weighted by molar-refractivity contribution is 7.99. The maximum Gasteiger partial charge on any atom is 0.307 e. The van der Waals surface area contributed by atoms with E-state index in [9.17, 15) is 9.59 Å². The predicted molar refractivity (Wildman–Crippen MR) is 62.4 cm³/mol. The van der Waals surface area contributed by atoms with Crippen molar-refractivity contribution in [2.24, 2.45) is 11.3 Å². The van der Waals surface area contributed by atoms with Gasteiger partial charge in [0.1, 0.15) is 0 Å². The molecule has 4 nitrogen and oxygen atoms in total. The molecule has 1 N–H and O–H groups in total. The first-order chi connectivity index (χ1) is 7.59. The van der Waals surface area contributed by atoms with E-state index in [4.69, 9.17) is 5.11 Å². The molecule has 0 aromatic heterocycles. The molecule has 5 heteroatoms. The second-order valence-electron chi connectivity index (χ2n) is 4.77. The quantitative estimate of drug-likeness (QED) is 0.805. The van der Waals surface area contributed by atoms with Gasteiger partial charge in [-0.1, -0.05) is 0 Å². The van der Waals surface area contributed by atoms with Crippen LogP contribution in [0.3, 0.4) is 0 Å². The van der Waals surface area contributed by atoms with Crippen molar-refractivity contribution in [3.63, 3.8) is 0 Å². The Morgan fingerprint density at radius 2 is 2.06 bits per heavy atom. The Kier molecular flexibility index (Phi) is 3.15. The average molecular weight is 243 g/mol. The Bertz CT molecular complexity index is 310. The Morgan fingerprint density at radius 3 is 2.50 bits per heavy atom. The summed E-state index contributed by atoms with van der Waals surface area (Å²) in [5, 5.41) is 8.95. The van der Waals surface area contributed by atoms with Gasteiger partial charge in [-0.05, 0) is 30.9 Å². The molecule has 2 rings (SSSR count). The fourth-order valence-electron chi connectivity index (χ4n) is 2.67. The zero-order valence-electron chi connectivity index (χ0n) is 9.44. The number of carbonyl (C=O) groups excluding carboxylic acids is 1. The van der Waals surface area contributed by atoms with E-state index in [0.29, 0.717) is 5.75 Å². The van der Waals surface area contributed by atoms with Gasteiger partial charge in [-0.2, -0.15) is 11.8 Å². The molecule has 1 atom stereocenters. The molecule has 0 aromatic carbocycles. The summed E-state index contributed by atoms with van der Waals surface area (Å²) in [4.78, 5) is 24.4. The minimum atomic E-state index is -0.663. The number of carboxylic acids is 1. The van der Waals surface area contributed by atoms with E-state index in [1.165, 1.54) is 11.8 Å². The van der Waals surface area contributed by atoms with Crippen LogP contribution in [0, 0.1) is 11.3 Å². The molecule has 90 valence electrons. The number of rotatable bonds is 3. The Morgan fingerprint density at radius 1 is 1.44 bits per heavy atom. The number of carbonyl (C=O) groups is 2. The van der Waals surface area contributed by atoms with Gasteiger partial charge < -0.3 is 10.0 Å². The number of amides is 1. The molecule has 1 spiro atoms. The maximum absolute atomic E-state index is 11.6. The molecule has 0 bridgehead atoms. The highest BCUT2D eigenvalue weighted by Crippen LogP contribution is 2.59. The third kappa shape index (κ3) is 2.05. The summed E-state index contributed by atoms with van der Waals surface area (Å²) < 4.78 is 0. The van der Waals surface area contributed by atoms with Crippen LogP contribution in [0.2, 0.25) is 0 Å². The summed E-state index contributed by atoms with van der Waals surface area (Å²) in [5.74, 6) is -0.0842. The Balaban J connectivity index is 1.84. The van der Waals surface area contributed by atoms with Crippen molar-refractivity contribution in [2.45, 2.75) is 19.3 Å². The summed E-state index contributed by atoms with van der Waals surface area (Å²) in [6, 6.07) is 0. The molecule has 1 saturated heterocycles. The number of likely N-dealkylation sites (tertiary alicyclic amines) is 1.